The van der Waals surface area contributed by atoms with E-state index in [1.54, 1.807) is 11.9 Å². The van der Waals surface area contributed by atoms with Crippen LogP contribution < -0.4 is 10.1 Å². The monoisotopic (exact) mass is 372 g/mol. The van der Waals surface area contributed by atoms with Gasteiger partial charge in [0.15, 0.2) is 5.75 Å². The third-order valence-corrected chi connectivity index (χ3v) is 5.80. The number of methoxy groups -OCH3 is 1. The summed E-state index contributed by atoms with van der Waals surface area (Å²) in [5, 5.41) is 13.8. The highest BCUT2D eigenvalue weighted by atomic mass is 32.2. The third kappa shape index (κ3) is 4.06. The van der Waals surface area contributed by atoms with Crippen LogP contribution >= 0.6 is 0 Å². The van der Waals surface area contributed by atoms with E-state index in [4.69, 9.17) is 4.74 Å². The normalized spacial score (nSPS) is 15.8. The number of nitro benzene ring substituents is 1. The largest absolute Gasteiger partial charge is 0.490 e. The van der Waals surface area contributed by atoms with Gasteiger partial charge in [-0.05, 0) is 19.2 Å². The quantitative estimate of drug-likeness (QED) is 0.535. The van der Waals surface area contributed by atoms with Crippen LogP contribution in [0.1, 0.15) is 0 Å². The number of nitro groups is 1. The lowest BCUT2D eigenvalue weighted by atomic mass is 10.3. The lowest BCUT2D eigenvalue weighted by Gasteiger charge is -2.34. The molecule has 2 rings (SSSR count). The highest BCUT2D eigenvalue weighted by Crippen LogP contribution is 2.30. The van der Waals surface area contributed by atoms with Gasteiger partial charge in [-0.1, -0.05) is 0 Å². The van der Waals surface area contributed by atoms with E-state index in [1.165, 1.54) is 23.5 Å². The molecule has 0 spiro atoms. The Morgan fingerprint density at radius 1 is 1.32 bits per heavy atom. The molecular weight excluding hydrogens is 352 g/mol. The maximum atomic E-state index is 12.7. The molecule has 1 aliphatic rings. The number of amides is 1. The molecule has 1 amide bonds. The zero-order valence-corrected chi connectivity index (χ0v) is 14.8. The van der Waals surface area contributed by atoms with Gasteiger partial charge in [-0.25, -0.2) is 8.42 Å². The Bertz CT molecular complexity index is 759. The fourth-order valence-electron chi connectivity index (χ4n) is 2.56. The zero-order valence-electron chi connectivity index (χ0n) is 14.0. The lowest BCUT2D eigenvalue weighted by molar-refractivity contribution is -0.386. The number of ether oxygens (including phenoxy) is 1. The summed E-state index contributed by atoms with van der Waals surface area (Å²) in [6.45, 7) is 1.02. The Hall–Kier alpha value is -2.24. The third-order valence-electron chi connectivity index (χ3n) is 3.90. The molecular formula is C14H20N4O6S. The summed E-state index contributed by atoms with van der Waals surface area (Å²) in [4.78, 5) is 23.6. The number of carbonyl (C=O) groups excluding carboxylic acids is 1. The molecule has 0 bridgehead atoms. The van der Waals surface area contributed by atoms with E-state index < -0.39 is 20.6 Å². The first-order valence-corrected chi connectivity index (χ1v) is 9.00. The van der Waals surface area contributed by atoms with Gasteiger partial charge in [0.2, 0.25) is 15.9 Å². The first kappa shape index (κ1) is 19.1. The predicted molar refractivity (Wildman–Crippen MR) is 88.9 cm³/mol. The number of sulfonamides is 1. The zero-order chi connectivity index (χ0) is 18.6. The number of piperazine rings is 1. The molecule has 0 aliphatic carbocycles. The van der Waals surface area contributed by atoms with Gasteiger partial charge in [0.25, 0.3) is 0 Å². The number of carbonyl (C=O) groups is 1. The average Bonchev–Trinajstić information content (AvgIpc) is 2.61. The molecule has 25 heavy (non-hydrogen) atoms. The van der Waals surface area contributed by atoms with Gasteiger partial charge in [-0.3, -0.25) is 14.9 Å². The maximum Gasteiger partial charge on any atom is 0.312 e. The molecule has 10 nitrogen and oxygen atoms in total. The number of likely N-dealkylation sites (N-methyl/N-ethyl adjacent to an activating group) is 1. The summed E-state index contributed by atoms with van der Waals surface area (Å²) in [6.07, 6.45) is 0. The van der Waals surface area contributed by atoms with Crippen LogP contribution in [0.15, 0.2) is 23.1 Å². The minimum atomic E-state index is -3.88. The fourth-order valence-corrected chi connectivity index (χ4v) is 4.01. The van der Waals surface area contributed by atoms with Gasteiger partial charge in [0.1, 0.15) is 0 Å². The Kier molecular flexibility index (Phi) is 5.93. The van der Waals surface area contributed by atoms with Gasteiger partial charge < -0.3 is 15.0 Å². The van der Waals surface area contributed by atoms with Crippen molar-refractivity contribution < 1.29 is 22.9 Å². The molecule has 1 N–H and O–H groups in total. The van der Waals surface area contributed by atoms with Gasteiger partial charge in [0.05, 0.1) is 23.5 Å². The van der Waals surface area contributed by atoms with Crippen LogP contribution in [0.25, 0.3) is 0 Å². The number of hydrogen-bond donors (Lipinski definition) is 1. The summed E-state index contributed by atoms with van der Waals surface area (Å²) < 4.78 is 31.5. The number of benzene rings is 1. The highest BCUT2D eigenvalue weighted by Gasteiger charge is 2.31. The minimum absolute atomic E-state index is 0.00793. The summed E-state index contributed by atoms with van der Waals surface area (Å²) >= 11 is 0. The van der Waals surface area contributed by atoms with Crippen LogP contribution in [0.2, 0.25) is 0 Å². The first-order valence-electron chi connectivity index (χ1n) is 7.56. The molecule has 0 saturated carbocycles. The molecule has 1 fully saturated rings. The van der Waals surface area contributed by atoms with E-state index in [9.17, 15) is 23.3 Å². The van der Waals surface area contributed by atoms with Crippen molar-refractivity contribution in [1.29, 1.82) is 0 Å². The van der Waals surface area contributed by atoms with Crippen molar-refractivity contribution in [2.75, 3.05) is 46.9 Å². The SMILES string of the molecule is CNCC(=O)N1CCN(S(=O)(=O)c2ccc(OC)c([N+](=O)[O-])c2)CC1. The van der Waals surface area contributed by atoms with Crippen LogP contribution in [0.5, 0.6) is 5.75 Å². The van der Waals surface area contributed by atoms with Crippen molar-refractivity contribution in [2.45, 2.75) is 4.90 Å². The number of hydrogen-bond acceptors (Lipinski definition) is 7. The number of rotatable bonds is 6. The molecule has 0 aromatic heterocycles. The lowest BCUT2D eigenvalue weighted by Crippen LogP contribution is -2.52. The van der Waals surface area contributed by atoms with Crippen LogP contribution in [-0.2, 0) is 14.8 Å². The second kappa shape index (κ2) is 7.76. The smallest absolute Gasteiger partial charge is 0.312 e. The molecule has 0 atom stereocenters. The molecule has 138 valence electrons. The standard InChI is InChI=1S/C14H20N4O6S/c1-15-10-14(19)16-5-7-17(8-6-16)25(22,23)11-3-4-13(24-2)12(9-11)18(20)21/h3-4,9,15H,5-8,10H2,1-2H3. The second-order valence-electron chi connectivity index (χ2n) is 5.41. The van der Waals surface area contributed by atoms with Crippen LogP contribution in [0.4, 0.5) is 5.69 Å². The predicted octanol–water partition coefficient (Wildman–Crippen LogP) is -0.344. The van der Waals surface area contributed by atoms with E-state index >= 15 is 0 Å². The number of nitrogens with one attached hydrogen (secondary N) is 1. The first-order chi connectivity index (χ1) is 11.8. The Labute approximate surface area is 145 Å². The van der Waals surface area contributed by atoms with E-state index in [0.29, 0.717) is 0 Å². The molecule has 1 aromatic carbocycles. The molecule has 11 heteroatoms. The number of nitrogens with zero attached hydrogens (tertiary/aromatic N) is 3. The molecule has 1 heterocycles. The van der Waals surface area contributed by atoms with Crippen molar-refractivity contribution in [1.82, 2.24) is 14.5 Å². The Morgan fingerprint density at radius 3 is 2.48 bits per heavy atom. The van der Waals surface area contributed by atoms with Crippen molar-refractivity contribution in [2.24, 2.45) is 0 Å². The topological polar surface area (TPSA) is 122 Å². The van der Waals surface area contributed by atoms with Crippen LogP contribution in [0.3, 0.4) is 0 Å². The Balaban J connectivity index is 2.19. The Morgan fingerprint density at radius 2 is 1.96 bits per heavy atom. The van der Waals surface area contributed by atoms with Gasteiger partial charge in [-0.15, -0.1) is 0 Å². The van der Waals surface area contributed by atoms with Crippen molar-refractivity contribution >= 4 is 21.6 Å². The molecule has 1 aromatic rings. The summed E-state index contributed by atoms with van der Waals surface area (Å²) in [5.74, 6) is -0.105. The minimum Gasteiger partial charge on any atom is -0.490 e. The summed E-state index contributed by atoms with van der Waals surface area (Å²) in [5.41, 5.74) is -0.411. The molecule has 0 unspecified atom stereocenters. The van der Waals surface area contributed by atoms with Crippen LogP contribution in [-0.4, -0.2) is 75.3 Å². The molecule has 1 saturated heterocycles. The maximum absolute atomic E-state index is 12.7. The fraction of sp³-hybridized carbons (Fsp3) is 0.500. The summed E-state index contributed by atoms with van der Waals surface area (Å²) in [6, 6.07) is 3.53. The van der Waals surface area contributed by atoms with Crippen molar-refractivity contribution in [3.63, 3.8) is 0 Å². The van der Waals surface area contributed by atoms with Gasteiger partial charge in [0, 0.05) is 32.2 Å². The van der Waals surface area contributed by atoms with Gasteiger partial charge >= 0.3 is 5.69 Å². The second-order valence-corrected chi connectivity index (χ2v) is 7.34. The van der Waals surface area contributed by atoms with Crippen molar-refractivity contribution in [3.05, 3.63) is 28.3 Å². The molecule has 1 aliphatic heterocycles. The van der Waals surface area contributed by atoms with Crippen molar-refractivity contribution in [3.8, 4) is 5.75 Å². The molecule has 0 radical (unpaired) electrons. The van der Waals surface area contributed by atoms with E-state index in [-0.39, 0.29) is 49.3 Å². The summed E-state index contributed by atoms with van der Waals surface area (Å²) in [7, 11) is -0.947. The van der Waals surface area contributed by atoms with E-state index in [2.05, 4.69) is 5.32 Å². The van der Waals surface area contributed by atoms with E-state index in [0.717, 1.165) is 6.07 Å². The van der Waals surface area contributed by atoms with Crippen LogP contribution in [0, 0.1) is 10.1 Å². The average molecular weight is 372 g/mol. The van der Waals surface area contributed by atoms with E-state index in [1.807, 2.05) is 0 Å². The van der Waals surface area contributed by atoms with Gasteiger partial charge in [-0.2, -0.15) is 4.31 Å². The highest BCUT2D eigenvalue weighted by molar-refractivity contribution is 7.89.